The van der Waals surface area contributed by atoms with E-state index >= 15 is 0 Å². The molecule has 2 rings (SSSR count). The quantitative estimate of drug-likeness (QED) is 0.782. The first-order chi connectivity index (χ1) is 10.2. The van der Waals surface area contributed by atoms with Crippen LogP contribution in [-0.2, 0) is 15.3 Å². The molecule has 1 saturated heterocycles. The van der Waals surface area contributed by atoms with Gasteiger partial charge in [0.1, 0.15) is 5.76 Å². The van der Waals surface area contributed by atoms with Crippen LogP contribution in [0.15, 0.2) is 16.5 Å². The van der Waals surface area contributed by atoms with E-state index in [2.05, 4.69) is 0 Å². The number of esters is 1. The van der Waals surface area contributed by atoms with Crippen molar-refractivity contribution < 1.29 is 18.7 Å². The first kappa shape index (κ1) is 15.9. The molecule has 1 amide bonds. The van der Waals surface area contributed by atoms with Gasteiger partial charge < -0.3 is 14.1 Å². The lowest BCUT2D eigenvalue weighted by molar-refractivity contribution is -0.149. The topological polar surface area (TPSA) is 59.8 Å². The molecule has 0 spiro atoms. The number of likely N-dealkylation sites (tertiary alicyclic amines) is 1. The molecule has 0 aromatic carbocycles. The van der Waals surface area contributed by atoms with E-state index in [-0.39, 0.29) is 17.8 Å². The third-order valence-electron chi connectivity index (χ3n) is 3.49. The van der Waals surface area contributed by atoms with Crippen LogP contribution in [0.2, 0.25) is 0 Å². The third-order valence-corrected chi connectivity index (χ3v) is 4.06. The van der Waals surface area contributed by atoms with Gasteiger partial charge in [0, 0.05) is 13.1 Å². The lowest BCUT2D eigenvalue weighted by Crippen LogP contribution is -2.42. The highest BCUT2D eigenvalue weighted by Crippen LogP contribution is 2.21. The van der Waals surface area contributed by atoms with Crippen molar-refractivity contribution in [3.8, 4) is 0 Å². The van der Waals surface area contributed by atoms with Crippen molar-refractivity contribution in [1.29, 1.82) is 0 Å². The maximum Gasteiger partial charge on any atom is 0.310 e. The minimum atomic E-state index is -0.219. The summed E-state index contributed by atoms with van der Waals surface area (Å²) in [6.45, 7) is 3.24. The number of nitrogens with zero attached hydrogens (tertiary/aromatic N) is 1. The smallest absolute Gasteiger partial charge is 0.310 e. The number of rotatable bonds is 5. The number of furan rings is 1. The fraction of sp³-hybridized carbons (Fsp3) is 0.600. The lowest BCUT2D eigenvalue weighted by Gasteiger charge is -2.30. The number of thioether (sulfide) groups is 1. The molecule has 1 aliphatic heterocycles. The van der Waals surface area contributed by atoms with Crippen molar-refractivity contribution in [3.05, 3.63) is 23.7 Å². The second-order valence-corrected chi connectivity index (χ2v) is 5.91. The molecule has 0 radical (unpaired) electrons. The molecule has 1 aromatic rings. The Labute approximate surface area is 129 Å². The Hall–Kier alpha value is -1.43. The molecule has 0 saturated carbocycles. The summed E-state index contributed by atoms with van der Waals surface area (Å²) in [5, 5.41) is 0. The molecule has 1 atom stereocenters. The lowest BCUT2D eigenvalue weighted by atomic mass is 9.98. The van der Waals surface area contributed by atoms with E-state index in [0.717, 1.165) is 24.4 Å². The summed E-state index contributed by atoms with van der Waals surface area (Å²) >= 11 is 1.65. The highest BCUT2D eigenvalue weighted by molar-refractivity contribution is 7.97. The second-order valence-electron chi connectivity index (χ2n) is 5.04. The highest BCUT2D eigenvalue weighted by atomic mass is 32.2. The second kappa shape index (κ2) is 7.54. The van der Waals surface area contributed by atoms with E-state index in [1.807, 2.05) is 12.3 Å². The average molecular weight is 311 g/mol. The van der Waals surface area contributed by atoms with Crippen molar-refractivity contribution in [3.63, 3.8) is 0 Å². The van der Waals surface area contributed by atoms with Gasteiger partial charge in [-0.3, -0.25) is 9.59 Å². The first-order valence-corrected chi connectivity index (χ1v) is 8.58. The number of hydrogen-bond donors (Lipinski definition) is 0. The van der Waals surface area contributed by atoms with Crippen LogP contribution in [0.5, 0.6) is 0 Å². The molecule has 2 heterocycles. The number of ether oxygens (including phenoxy) is 1. The average Bonchev–Trinajstić information content (AvgIpc) is 2.96. The predicted molar refractivity (Wildman–Crippen MR) is 81.2 cm³/mol. The van der Waals surface area contributed by atoms with E-state index in [9.17, 15) is 9.59 Å². The molecule has 0 N–H and O–H groups in total. The Balaban J connectivity index is 1.99. The zero-order valence-electron chi connectivity index (χ0n) is 12.5. The molecule has 1 aliphatic rings. The van der Waals surface area contributed by atoms with Crippen LogP contribution in [0.3, 0.4) is 0 Å². The molecule has 0 aliphatic carbocycles. The van der Waals surface area contributed by atoms with Gasteiger partial charge in [-0.05, 0) is 38.2 Å². The van der Waals surface area contributed by atoms with Gasteiger partial charge in [0.25, 0.3) is 5.91 Å². The molecular weight excluding hydrogens is 290 g/mol. The van der Waals surface area contributed by atoms with E-state index in [0.29, 0.717) is 25.5 Å². The molecule has 0 unspecified atom stereocenters. The SMILES string of the molecule is CCOC(=O)[C@H]1CCCN(C(=O)c2ccc(CSC)o2)C1. The Kier molecular flexibility index (Phi) is 5.73. The molecule has 0 bridgehead atoms. The summed E-state index contributed by atoms with van der Waals surface area (Å²) in [5.41, 5.74) is 0. The van der Waals surface area contributed by atoms with Gasteiger partial charge in [0.05, 0.1) is 18.3 Å². The van der Waals surface area contributed by atoms with E-state index in [1.54, 1.807) is 29.7 Å². The molecule has 1 fully saturated rings. The molecule has 21 heavy (non-hydrogen) atoms. The zero-order valence-corrected chi connectivity index (χ0v) is 13.3. The maximum absolute atomic E-state index is 12.4. The number of amides is 1. The fourth-order valence-corrected chi connectivity index (χ4v) is 2.92. The fourth-order valence-electron chi connectivity index (χ4n) is 2.48. The van der Waals surface area contributed by atoms with Gasteiger partial charge in [0.15, 0.2) is 5.76 Å². The minimum absolute atomic E-state index is 0.142. The van der Waals surface area contributed by atoms with Crippen LogP contribution >= 0.6 is 11.8 Å². The van der Waals surface area contributed by atoms with Crippen LogP contribution in [-0.4, -0.2) is 42.7 Å². The van der Waals surface area contributed by atoms with Crippen LogP contribution < -0.4 is 0 Å². The Morgan fingerprint density at radius 1 is 1.48 bits per heavy atom. The van der Waals surface area contributed by atoms with Crippen molar-refractivity contribution >= 4 is 23.6 Å². The number of carbonyl (C=O) groups is 2. The summed E-state index contributed by atoms with van der Waals surface area (Å²) in [7, 11) is 0. The molecular formula is C15H21NO4S. The standard InChI is InChI=1S/C15H21NO4S/c1-3-19-15(18)11-5-4-8-16(9-11)14(17)13-7-6-12(20-13)10-21-2/h6-7,11H,3-5,8-10H2,1-2H3/t11-/m0/s1. The van der Waals surface area contributed by atoms with Crippen LogP contribution in [0, 0.1) is 5.92 Å². The number of carbonyl (C=O) groups excluding carboxylic acids is 2. The monoisotopic (exact) mass is 311 g/mol. The number of hydrogen-bond acceptors (Lipinski definition) is 5. The largest absolute Gasteiger partial charge is 0.466 e. The van der Waals surface area contributed by atoms with Gasteiger partial charge in [0.2, 0.25) is 0 Å². The van der Waals surface area contributed by atoms with E-state index < -0.39 is 0 Å². The summed E-state index contributed by atoms with van der Waals surface area (Å²) in [5.74, 6) is 1.32. The Morgan fingerprint density at radius 2 is 2.29 bits per heavy atom. The summed E-state index contributed by atoms with van der Waals surface area (Å²) < 4.78 is 10.6. The molecule has 116 valence electrons. The number of piperidine rings is 1. The Bertz CT molecular complexity index is 500. The van der Waals surface area contributed by atoms with E-state index in [1.165, 1.54) is 0 Å². The van der Waals surface area contributed by atoms with E-state index in [4.69, 9.17) is 9.15 Å². The maximum atomic E-state index is 12.4. The zero-order chi connectivity index (χ0) is 15.2. The summed E-state index contributed by atoms with van der Waals surface area (Å²) in [4.78, 5) is 25.9. The van der Waals surface area contributed by atoms with Crippen LogP contribution in [0.1, 0.15) is 36.1 Å². The summed E-state index contributed by atoms with van der Waals surface area (Å²) in [6, 6.07) is 3.54. The Morgan fingerprint density at radius 3 is 3.00 bits per heavy atom. The highest BCUT2D eigenvalue weighted by Gasteiger charge is 2.30. The molecule has 6 heteroatoms. The normalized spacial score (nSPS) is 18.6. The minimum Gasteiger partial charge on any atom is -0.466 e. The predicted octanol–water partition coefficient (Wildman–Crippen LogP) is 2.56. The van der Waals surface area contributed by atoms with Crippen molar-refractivity contribution in [1.82, 2.24) is 4.90 Å². The van der Waals surface area contributed by atoms with Crippen molar-refractivity contribution in [2.24, 2.45) is 5.92 Å². The first-order valence-electron chi connectivity index (χ1n) is 7.19. The third kappa shape index (κ3) is 4.03. The van der Waals surface area contributed by atoms with Gasteiger partial charge in [-0.2, -0.15) is 11.8 Å². The van der Waals surface area contributed by atoms with Gasteiger partial charge in [-0.25, -0.2) is 0 Å². The van der Waals surface area contributed by atoms with Gasteiger partial charge in [-0.15, -0.1) is 0 Å². The molecule has 1 aromatic heterocycles. The van der Waals surface area contributed by atoms with Gasteiger partial charge >= 0.3 is 5.97 Å². The van der Waals surface area contributed by atoms with Crippen molar-refractivity contribution in [2.75, 3.05) is 26.0 Å². The van der Waals surface area contributed by atoms with Crippen LogP contribution in [0.25, 0.3) is 0 Å². The van der Waals surface area contributed by atoms with Crippen LogP contribution in [0.4, 0.5) is 0 Å². The van der Waals surface area contributed by atoms with Crippen molar-refractivity contribution in [2.45, 2.75) is 25.5 Å². The summed E-state index contributed by atoms with van der Waals surface area (Å²) in [6.07, 6.45) is 3.57. The molecule has 5 nitrogen and oxygen atoms in total. The van der Waals surface area contributed by atoms with Gasteiger partial charge in [-0.1, -0.05) is 0 Å².